The van der Waals surface area contributed by atoms with Crippen LogP contribution in [0.5, 0.6) is 0 Å². The van der Waals surface area contributed by atoms with Crippen LogP contribution in [-0.4, -0.2) is 41.5 Å². The van der Waals surface area contributed by atoms with Crippen molar-refractivity contribution in [2.45, 2.75) is 18.7 Å². The summed E-state index contributed by atoms with van der Waals surface area (Å²) in [5.74, 6) is 1.11. The third kappa shape index (κ3) is 4.79. The Balaban J connectivity index is 1.56. The van der Waals surface area contributed by atoms with Crippen LogP contribution in [0.4, 0.5) is 5.82 Å². The molecule has 0 unspecified atom stereocenters. The molecule has 28 heavy (non-hydrogen) atoms. The summed E-state index contributed by atoms with van der Waals surface area (Å²) in [5.41, 5.74) is 1.51. The van der Waals surface area contributed by atoms with Crippen molar-refractivity contribution in [2.24, 2.45) is 0 Å². The highest BCUT2D eigenvalue weighted by molar-refractivity contribution is 7.89. The number of nitrogens with zero attached hydrogens (tertiary/aromatic N) is 4. The minimum atomic E-state index is -3.75. The fourth-order valence-corrected chi connectivity index (χ4v) is 4.24. The van der Waals surface area contributed by atoms with E-state index in [-0.39, 0.29) is 16.5 Å². The van der Waals surface area contributed by atoms with Crippen LogP contribution in [0.15, 0.2) is 41.4 Å². The highest BCUT2D eigenvalue weighted by Crippen LogP contribution is 2.27. The van der Waals surface area contributed by atoms with Gasteiger partial charge < -0.3 is 5.32 Å². The molecule has 1 aromatic carbocycles. The van der Waals surface area contributed by atoms with Crippen molar-refractivity contribution >= 4 is 39.0 Å². The van der Waals surface area contributed by atoms with Gasteiger partial charge in [0, 0.05) is 24.3 Å². The van der Waals surface area contributed by atoms with Crippen LogP contribution in [0, 0.1) is 13.8 Å². The molecule has 0 aliphatic rings. The molecule has 0 saturated heterocycles. The lowest BCUT2D eigenvalue weighted by Crippen LogP contribution is -2.29. The quantitative estimate of drug-likeness (QED) is 0.547. The lowest BCUT2D eigenvalue weighted by Gasteiger charge is -2.11. The lowest BCUT2D eigenvalue weighted by molar-refractivity contribution is 0.583. The number of aryl methyl sites for hydroxylation is 2. The van der Waals surface area contributed by atoms with Gasteiger partial charge in [0.25, 0.3) is 0 Å². The summed E-state index contributed by atoms with van der Waals surface area (Å²) in [7, 11) is -3.75. The number of aromatic nitrogens is 4. The van der Waals surface area contributed by atoms with E-state index in [4.69, 9.17) is 23.2 Å². The molecule has 0 spiro atoms. The second kappa shape index (κ2) is 8.44. The molecule has 0 atom stereocenters. The monoisotopic (exact) mass is 440 g/mol. The Kier molecular flexibility index (Phi) is 6.19. The molecule has 2 aromatic heterocycles. The molecule has 0 fully saturated rings. The molecule has 0 aliphatic heterocycles. The predicted molar refractivity (Wildman–Crippen MR) is 109 cm³/mol. The van der Waals surface area contributed by atoms with E-state index in [9.17, 15) is 8.42 Å². The van der Waals surface area contributed by atoms with Gasteiger partial charge in [-0.2, -0.15) is 5.10 Å². The maximum Gasteiger partial charge on any atom is 0.242 e. The van der Waals surface area contributed by atoms with E-state index >= 15 is 0 Å². The standard InChI is InChI=1S/C17H18Cl2N6O2S/c1-11-9-15(14(19)10-13(11)18)28(26,27)21-7-6-20-16-3-4-17(23-22-16)25-8-5-12(2)24-25/h3-5,8-10,21H,6-7H2,1-2H3,(H,20,22). The number of nitrogens with one attached hydrogen (secondary N) is 2. The molecule has 2 N–H and O–H groups in total. The summed E-state index contributed by atoms with van der Waals surface area (Å²) >= 11 is 12.0. The van der Waals surface area contributed by atoms with Crippen LogP contribution in [0.3, 0.4) is 0 Å². The van der Waals surface area contributed by atoms with Crippen LogP contribution in [0.2, 0.25) is 10.0 Å². The van der Waals surface area contributed by atoms with Gasteiger partial charge in [-0.3, -0.25) is 0 Å². The molecule has 0 radical (unpaired) electrons. The summed E-state index contributed by atoms with van der Waals surface area (Å²) in [6.45, 7) is 4.06. The number of hydrogen-bond acceptors (Lipinski definition) is 6. The second-order valence-electron chi connectivity index (χ2n) is 6.03. The molecule has 8 nitrogen and oxygen atoms in total. The van der Waals surface area contributed by atoms with Crippen molar-refractivity contribution < 1.29 is 8.42 Å². The van der Waals surface area contributed by atoms with Crippen molar-refractivity contribution in [3.8, 4) is 5.82 Å². The smallest absolute Gasteiger partial charge is 0.242 e. The Labute approximate surface area is 172 Å². The number of benzene rings is 1. The van der Waals surface area contributed by atoms with Gasteiger partial charge in [0.1, 0.15) is 10.7 Å². The molecular formula is C17H18Cl2N6O2S. The largest absolute Gasteiger partial charge is 0.367 e. The van der Waals surface area contributed by atoms with Gasteiger partial charge in [0.05, 0.1) is 10.7 Å². The summed E-state index contributed by atoms with van der Waals surface area (Å²) in [4.78, 5) is -0.00488. The van der Waals surface area contributed by atoms with Crippen LogP contribution in [0.1, 0.15) is 11.3 Å². The maximum atomic E-state index is 12.4. The van der Waals surface area contributed by atoms with Crippen LogP contribution in [0.25, 0.3) is 5.82 Å². The Hall–Kier alpha value is -2.20. The number of halogens is 2. The summed E-state index contributed by atoms with van der Waals surface area (Å²) in [6, 6.07) is 8.25. The molecule has 3 rings (SSSR count). The lowest BCUT2D eigenvalue weighted by atomic mass is 10.2. The first kappa shape index (κ1) is 20.5. The van der Waals surface area contributed by atoms with E-state index in [1.165, 1.54) is 12.1 Å². The Morgan fingerprint density at radius 3 is 2.46 bits per heavy atom. The molecular weight excluding hydrogens is 423 g/mol. The van der Waals surface area contributed by atoms with Crippen LogP contribution < -0.4 is 10.0 Å². The van der Waals surface area contributed by atoms with Crippen LogP contribution >= 0.6 is 23.2 Å². The first-order chi connectivity index (χ1) is 13.3. The van der Waals surface area contributed by atoms with E-state index in [0.717, 1.165) is 5.69 Å². The van der Waals surface area contributed by atoms with E-state index in [2.05, 4.69) is 25.3 Å². The SMILES string of the molecule is Cc1ccn(-c2ccc(NCCNS(=O)(=O)c3cc(C)c(Cl)cc3Cl)nn2)n1. The summed E-state index contributed by atoms with van der Waals surface area (Å²) in [5, 5.41) is 15.9. The number of anilines is 1. The van der Waals surface area contributed by atoms with Crippen molar-refractivity contribution in [2.75, 3.05) is 18.4 Å². The Morgan fingerprint density at radius 2 is 1.82 bits per heavy atom. The molecule has 0 amide bonds. The van der Waals surface area contributed by atoms with Crippen LogP contribution in [-0.2, 0) is 10.0 Å². The minimum Gasteiger partial charge on any atom is -0.367 e. The van der Waals surface area contributed by atoms with Gasteiger partial charge in [0.2, 0.25) is 10.0 Å². The maximum absolute atomic E-state index is 12.4. The number of sulfonamides is 1. The first-order valence-corrected chi connectivity index (χ1v) is 10.6. The fourth-order valence-electron chi connectivity index (χ4n) is 2.37. The first-order valence-electron chi connectivity index (χ1n) is 8.32. The zero-order chi connectivity index (χ0) is 20.3. The third-order valence-electron chi connectivity index (χ3n) is 3.83. The van der Waals surface area contributed by atoms with Gasteiger partial charge in [-0.25, -0.2) is 17.8 Å². The number of rotatable bonds is 7. The van der Waals surface area contributed by atoms with Crippen molar-refractivity contribution in [1.82, 2.24) is 24.7 Å². The second-order valence-corrected chi connectivity index (χ2v) is 8.58. The zero-order valence-electron chi connectivity index (χ0n) is 15.1. The average molecular weight is 441 g/mol. The van der Waals surface area contributed by atoms with E-state index in [1.807, 2.05) is 13.0 Å². The Morgan fingerprint density at radius 1 is 1.04 bits per heavy atom. The van der Waals surface area contributed by atoms with Gasteiger partial charge >= 0.3 is 0 Å². The van der Waals surface area contributed by atoms with E-state index in [0.29, 0.717) is 28.8 Å². The zero-order valence-corrected chi connectivity index (χ0v) is 17.5. The molecule has 0 saturated carbocycles. The molecule has 0 bridgehead atoms. The predicted octanol–water partition coefficient (Wildman–Crippen LogP) is 2.98. The summed E-state index contributed by atoms with van der Waals surface area (Å²) < 4.78 is 29.0. The summed E-state index contributed by atoms with van der Waals surface area (Å²) in [6.07, 6.45) is 1.80. The highest BCUT2D eigenvalue weighted by Gasteiger charge is 2.18. The third-order valence-corrected chi connectivity index (χ3v) is 6.17. The fraction of sp³-hybridized carbons (Fsp3) is 0.235. The topological polar surface area (TPSA) is 102 Å². The van der Waals surface area contributed by atoms with E-state index < -0.39 is 10.0 Å². The highest BCUT2D eigenvalue weighted by atomic mass is 35.5. The Bertz CT molecular complexity index is 1080. The van der Waals surface area contributed by atoms with Gasteiger partial charge in [0.15, 0.2) is 5.82 Å². The molecule has 2 heterocycles. The molecule has 11 heteroatoms. The molecule has 0 aliphatic carbocycles. The van der Waals surface area contributed by atoms with Crippen molar-refractivity contribution in [1.29, 1.82) is 0 Å². The number of hydrogen-bond donors (Lipinski definition) is 2. The van der Waals surface area contributed by atoms with Gasteiger partial charge in [-0.15, -0.1) is 10.2 Å². The molecule has 148 valence electrons. The van der Waals surface area contributed by atoms with Crippen molar-refractivity contribution in [3.05, 3.63) is 57.8 Å². The van der Waals surface area contributed by atoms with Crippen molar-refractivity contribution in [3.63, 3.8) is 0 Å². The molecule has 3 aromatic rings. The normalized spacial score (nSPS) is 11.6. The van der Waals surface area contributed by atoms with E-state index in [1.54, 1.807) is 29.9 Å². The van der Waals surface area contributed by atoms with Gasteiger partial charge in [-0.05, 0) is 49.7 Å². The van der Waals surface area contributed by atoms with Gasteiger partial charge in [-0.1, -0.05) is 23.2 Å². The minimum absolute atomic E-state index is 0.00488. The average Bonchev–Trinajstić information content (AvgIpc) is 3.08.